The van der Waals surface area contributed by atoms with Crippen LogP contribution in [0.2, 0.25) is 0 Å². The van der Waals surface area contributed by atoms with Gasteiger partial charge in [0.25, 0.3) is 0 Å². The smallest absolute Gasteiger partial charge is 0.189 e. The van der Waals surface area contributed by atoms with E-state index in [1.807, 2.05) is 6.92 Å². The maximum Gasteiger partial charge on any atom is 0.189 e. The quantitative estimate of drug-likeness (QED) is 0.325. The fourth-order valence-electron chi connectivity index (χ4n) is 2.60. The topological polar surface area (TPSA) is 134 Å². The first kappa shape index (κ1) is 19.2. The minimum atomic E-state index is -1.02. The molecule has 1 saturated carbocycles. The van der Waals surface area contributed by atoms with Crippen LogP contribution in [0.4, 0.5) is 11.5 Å². The van der Waals surface area contributed by atoms with Crippen molar-refractivity contribution < 1.29 is 20.1 Å². The number of nitrogen functional groups attached to an aromatic ring is 1. The molecule has 0 saturated heterocycles. The van der Waals surface area contributed by atoms with Crippen LogP contribution in [0.5, 0.6) is 0 Å². The summed E-state index contributed by atoms with van der Waals surface area (Å²) in [4.78, 5) is 8.78. The number of thioether (sulfide) groups is 1. The van der Waals surface area contributed by atoms with Gasteiger partial charge in [-0.25, -0.2) is 9.97 Å². The molecular formula is C15H26N4O4S. The molecular weight excluding hydrogens is 332 g/mol. The Bertz CT molecular complexity index is 548. The van der Waals surface area contributed by atoms with E-state index in [1.54, 1.807) is 11.8 Å². The Balaban J connectivity index is 2.10. The lowest BCUT2D eigenvalue weighted by Gasteiger charge is -2.20. The van der Waals surface area contributed by atoms with E-state index in [0.29, 0.717) is 28.8 Å². The first-order valence-corrected chi connectivity index (χ1v) is 9.08. The summed E-state index contributed by atoms with van der Waals surface area (Å²) in [5.74, 6) is 1.37. The van der Waals surface area contributed by atoms with Crippen LogP contribution >= 0.6 is 11.8 Å². The highest BCUT2D eigenvalue weighted by atomic mass is 32.2. The highest BCUT2D eigenvalue weighted by Gasteiger charge is 2.42. The van der Waals surface area contributed by atoms with Crippen molar-refractivity contribution in [1.29, 1.82) is 0 Å². The van der Waals surface area contributed by atoms with E-state index in [9.17, 15) is 10.2 Å². The van der Waals surface area contributed by atoms with E-state index >= 15 is 0 Å². The first-order chi connectivity index (χ1) is 11.5. The number of hydrogen-bond acceptors (Lipinski definition) is 9. The van der Waals surface area contributed by atoms with Gasteiger partial charge in [0, 0.05) is 5.75 Å². The summed E-state index contributed by atoms with van der Waals surface area (Å²) in [6.07, 6.45) is -1.16. The van der Waals surface area contributed by atoms with Crippen LogP contribution in [-0.4, -0.2) is 68.6 Å². The third kappa shape index (κ3) is 4.48. The second kappa shape index (κ2) is 8.82. The van der Waals surface area contributed by atoms with Gasteiger partial charge in [-0.3, -0.25) is 0 Å². The number of aliphatic hydroxyl groups is 3. The molecule has 136 valence electrons. The molecule has 1 heterocycles. The summed E-state index contributed by atoms with van der Waals surface area (Å²) < 4.78 is 5.37. The minimum Gasteiger partial charge on any atom is -0.394 e. The van der Waals surface area contributed by atoms with Gasteiger partial charge in [0.1, 0.15) is 12.2 Å². The lowest BCUT2D eigenvalue weighted by molar-refractivity contribution is -0.0612. The Labute approximate surface area is 145 Å². The van der Waals surface area contributed by atoms with Crippen LogP contribution in [0.15, 0.2) is 5.16 Å². The molecule has 0 bridgehead atoms. The second-order valence-corrected chi connectivity index (χ2v) is 6.86. The average Bonchev–Trinajstić information content (AvgIpc) is 2.83. The number of aryl methyl sites for hydroxylation is 1. The molecule has 1 aliphatic carbocycles. The first-order valence-electron chi connectivity index (χ1n) is 8.10. The molecule has 1 aliphatic rings. The highest BCUT2D eigenvalue weighted by Crippen LogP contribution is 2.30. The lowest BCUT2D eigenvalue weighted by Crippen LogP contribution is -2.36. The summed E-state index contributed by atoms with van der Waals surface area (Å²) in [6, 6.07) is -0.440. The number of aliphatic hydroxyl groups excluding tert-OH is 3. The molecule has 1 aromatic heterocycles. The summed E-state index contributed by atoms with van der Waals surface area (Å²) in [5, 5.41) is 32.8. The van der Waals surface area contributed by atoms with Gasteiger partial charge in [-0.05, 0) is 19.8 Å². The van der Waals surface area contributed by atoms with E-state index < -0.39 is 24.4 Å². The predicted octanol–water partition coefficient (Wildman–Crippen LogP) is 0.153. The Morgan fingerprint density at radius 3 is 2.75 bits per heavy atom. The largest absolute Gasteiger partial charge is 0.394 e. The Morgan fingerprint density at radius 1 is 1.33 bits per heavy atom. The molecule has 1 aromatic rings. The monoisotopic (exact) mass is 358 g/mol. The summed E-state index contributed by atoms with van der Waals surface area (Å²) in [5.41, 5.74) is 7.15. The zero-order valence-corrected chi connectivity index (χ0v) is 14.8. The van der Waals surface area contributed by atoms with Crippen molar-refractivity contribution in [2.45, 2.75) is 56.2 Å². The zero-order valence-electron chi connectivity index (χ0n) is 14.0. The van der Waals surface area contributed by atoms with Crippen LogP contribution in [0.1, 0.15) is 25.5 Å². The van der Waals surface area contributed by atoms with Crippen molar-refractivity contribution in [2.75, 3.05) is 30.0 Å². The number of rotatable bonds is 8. The van der Waals surface area contributed by atoms with E-state index in [1.165, 1.54) is 0 Å². The fraction of sp³-hybridized carbons (Fsp3) is 0.733. The van der Waals surface area contributed by atoms with Gasteiger partial charge >= 0.3 is 0 Å². The SMILES string of the molecule is CCCSc1nc(C)c(N)c(N[C@@H]2C[C@H](OCCO)[C@@H](O)[C@H]2O)n1. The van der Waals surface area contributed by atoms with Crippen molar-refractivity contribution in [2.24, 2.45) is 0 Å². The molecule has 0 radical (unpaired) electrons. The summed E-state index contributed by atoms with van der Waals surface area (Å²) in [7, 11) is 0. The third-order valence-electron chi connectivity index (χ3n) is 3.93. The van der Waals surface area contributed by atoms with Gasteiger partial charge in [0.15, 0.2) is 11.0 Å². The number of hydrogen-bond donors (Lipinski definition) is 5. The molecule has 0 aliphatic heterocycles. The molecule has 6 N–H and O–H groups in total. The number of nitrogens with two attached hydrogens (primary N) is 1. The van der Waals surface area contributed by atoms with Crippen LogP contribution in [-0.2, 0) is 4.74 Å². The minimum absolute atomic E-state index is 0.119. The third-order valence-corrected chi connectivity index (χ3v) is 4.98. The van der Waals surface area contributed by atoms with Crippen LogP contribution in [0, 0.1) is 6.92 Å². The zero-order chi connectivity index (χ0) is 17.7. The molecule has 24 heavy (non-hydrogen) atoms. The van der Waals surface area contributed by atoms with Crippen molar-refractivity contribution in [3.05, 3.63) is 5.69 Å². The van der Waals surface area contributed by atoms with Crippen molar-refractivity contribution in [3.8, 4) is 0 Å². The Kier molecular flexibility index (Phi) is 7.05. The van der Waals surface area contributed by atoms with E-state index in [4.69, 9.17) is 15.6 Å². The molecule has 0 aromatic carbocycles. The number of anilines is 2. The van der Waals surface area contributed by atoms with Crippen LogP contribution in [0.3, 0.4) is 0 Å². The molecule has 0 unspecified atom stereocenters. The van der Waals surface area contributed by atoms with Crippen molar-refractivity contribution in [3.63, 3.8) is 0 Å². The van der Waals surface area contributed by atoms with Crippen LogP contribution < -0.4 is 11.1 Å². The molecule has 9 heteroatoms. The number of aromatic nitrogens is 2. The Hall–Kier alpha value is -1.13. The summed E-state index contributed by atoms with van der Waals surface area (Å²) >= 11 is 1.55. The molecule has 0 amide bonds. The molecule has 4 atom stereocenters. The fourth-order valence-corrected chi connectivity index (χ4v) is 3.35. The number of nitrogens with zero attached hydrogens (tertiary/aromatic N) is 2. The Morgan fingerprint density at radius 2 is 2.08 bits per heavy atom. The van der Waals surface area contributed by atoms with Crippen molar-refractivity contribution >= 4 is 23.3 Å². The van der Waals surface area contributed by atoms with Crippen molar-refractivity contribution in [1.82, 2.24) is 9.97 Å². The predicted molar refractivity (Wildman–Crippen MR) is 93.1 cm³/mol. The normalized spacial score (nSPS) is 26.7. The maximum absolute atomic E-state index is 10.2. The van der Waals surface area contributed by atoms with Gasteiger partial charge in [-0.1, -0.05) is 18.7 Å². The van der Waals surface area contributed by atoms with E-state index in [0.717, 1.165) is 12.2 Å². The van der Waals surface area contributed by atoms with Gasteiger partial charge < -0.3 is 31.1 Å². The van der Waals surface area contributed by atoms with Crippen LogP contribution in [0.25, 0.3) is 0 Å². The molecule has 8 nitrogen and oxygen atoms in total. The van der Waals surface area contributed by atoms with Gasteiger partial charge in [-0.2, -0.15) is 0 Å². The summed E-state index contributed by atoms with van der Waals surface area (Å²) in [6.45, 7) is 3.88. The standard InChI is InChI=1S/C15H26N4O4S/c1-3-6-24-15-17-8(2)11(16)14(19-15)18-9-7-10(23-5-4-20)13(22)12(9)21/h9-10,12-13,20-22H,3-7,16H2,1-2H3,(H,17,18,19)/t9-,10+,12+,13-/m1/s1. The molecule has 2 rings (SSSR count). The van der Waals surface area contributed by atoms with Gasteiger partial charge in [-0.15, -0.1) is 0 Å². The van der Waals surface area contributed by atoms with E-state index in [-0.39, 0.29) is 13.2 Å². The van der Waals surface area contributed by atoms with Gasteiger partial charge in [0.2, 0.25) is 0 Å². The van der Waals surface area contributed by atoms with Gasteiger partial charge in [0.05, 0.1) is 36.7 Å². The second-order valence-electron chi connectivity index (χ2n) is 5.80. The number of ether oxygens (including phenoxy) is 1. The number of nitrogens with one attached hydrogen (secondary N) is 1. The average molecular weight is 358 g/mol. The van der Waals surface area contributed by atoms with E-state index in [2.05, 4.69) is 22.2 Å². The lowest BCUT2D eigenvalue weighted by atomic mass is 10.2. The molecule has 1 fully saturated rings. The molecule has 0 spiro atoms. The maximum atomic E-state index is 10.2. The highest BCUT2D eigenvalue weighted by molar-refractivity contribution is 7.99.